The van der Waals surface area contributed by atoms with Gasteiger partial charge < -0.3 is 18.6 Å². The van der Waals surface area contributed by atoms with Crippen molar-refractivity contribution in [2.75, 3.05) is 13.7 Å². The smallest absolute Gasteiger partial charge is 0.349 e. The van der Waals surface area contributed by atoms with E-state index in [4.69, 9.17) is 18.6 Å². The summed E-state index contributed by atoms with van der Waals surface area (Å²) in [6.45, 7) is -0.197. The van der Waals surface area contributed by atoms with Crippen molar-refractivity contribution in [2.45, 2.75) is 0 Å². The number of nitrogens with zero attached hydrogens (tertiary/aromatic N) is 2. The first kappa shape index (κ1) is 15.5. The van der Waals surface area contributed by atoms with Crippen molar-refractivity contribution in [3.8, 4) is 28.7 Å². The molecular weight excluding hydrogens is 312 g/mol. The van der Waals surface area contributed by atoms with Gasteiger partial charge in [-0.3, -0.25) is 0 Å². The van der Waals surface area contributed by atoms with Crippen LogP contribution in [0.25, 0.3) is 11.5 Å². The van der Waals surface area contributed by atoms with Crippen LogP contribution in [0.5, 0.6) is 17.2 Å². The summed E-state index contributed by atoms with van der Waals surface area (Å²) >= 11 is 0. The van der Waals surface area contributed by atoms with Crippen LogP contribution in [-0.2, 0) is 4.79 Å². The maximum atomic E-state index is 11.8. The summed E-state index contributed by atoms with van der Waals surface area (Å²) in [6.07, 6.45) is 1.25. The van der Waals surface area contributed by atoms with Gasteiger partial charge in [-0.25, -0.2) is 4.79 Å². The molecule has 0 saturated heterocycles. The van der Waals surface area contributed by atoms with Crippen molar-refractivity contribution >= 4 is 5.97 Å². The molecule has 7 heteroatoms. The first-order valence-corrected chi connectivity index (χ1v) is 7.09. The van der Waals surface area contributed by atoms with E-state index in [1.807, 2.05) is 0 Å². The summed E-state index contributed by atoms with van der Waals surface area (Å²) < 4.78 is 20.7. The van der Waals surface area contributed by atoms with Crippen molar-refractivity contribution in [2.24, 2.45) is 0 Å². The van der Waals surface area contributed by atoms with Crippen LogP contribution in [0.15, 0.2) is 59.3 Å². The largest absolute Gasteiger partial charge is 0.497 e. The van der Waals surface area contributed by atoms with E-state index in [1.54, 1.807) is 55.6 Å². The van der Waals surface area contributed by atoms with Gasteiger partial charge in [-0.2, -0.15) is 0 Å². The van der Waals surface area contributed by atoms with Gasteiger partial charge in [-0.05, 0) is 48.5 Å². The van der Waals surface area contributed by atoms with E-state index < -0.39 is 5.97 Å². The van der Waals surface area contributed by atoms with Gasteiger partial charge in [0.15, 0.2) is 6.61 Å². The third kappa shape index (κ3) is 3.89. The summed E-state index contributed by atoms with van der Waals surface area (Å²) in [5.41, 5.74) is 0.738. The minimum absolute atomic E-state index is 0.197. The fraction of sp³-hybridized carbons (Fsp3) is 0.118. The second-order valence-electron chi connectivity index (χ2n) is 4.71. The topological polar surface area (TPSA) is 83.7 Å². The van der Waals surface area contributed by atoms with E-state index in [9.17, 15) is 4.79 Å². The number of hydrogen-bond donors (Lipinski definition) is 0. The van der Waals surface area contributed by atoms with Gasteiger partial charge in [0, 0.05) is 5.56 Å². The fourth-order valence-electron chi connectivity index (χ4n) is 1.94. The van der Waals surface area contributed by atoms with Crippen LogP contribution in [0.3, 0.4) is 0 Å². The van der Waals surface area contributed by atoms with Crippen LogP contribution >= 0.6 is 0 Å². The fourth-order valence-corrected chi connectivity index (χ4v) is 1.94. The van der Waals surface area contributed by atoms with Crippen LogP contribution in [0.2, 0.25) is 0 Å². The number of rotatable bonds is 6. The average molecular weight is 326 g/mol. The number of aromatic nitrogens is 2. The molecule has 0 saturated carbocycles. The molecule has 0 atom stereocenters. The van der Waals surface area contributed by atoms with E-state index in [0.717, 1.165) is 5.56 Å². The highest BCUT2D eigenvalue weighted by atomic mass is 16.6. The standard InChI is InChI=1S/C17H14N2O5/c1-21-13-6-8-14(9-7-13)22-10-16(20)24-15-4-2-12(3-5-15)17-19-18-11-23-17/h2-9,11H,10H2,1H3. The molecule has 0 bridgehead atoms. The average Bonchev–Trinajstić information content (AvgIpc) is 3.16. The Kier molecular flexibility index (Phi) is 4.71. The molecule has 2 aromatic carbocycles. The van der Waals surface area contributed by atoms with Crippen molar-refractivity contribution in [3.63, 3.8) is 0 Å². The predicted molar refractivity (Wildman–Crippen MR) is 83.9 cm³/mol. The van der Waals surface area contributed by atoms with Crippen LogP contribution in [0.1, 0.15) is 0 Å². The SMILES string of the molecule is COc1ccc(OCC(=O)Oc2ccc(-c3nnco3)cc2)cc1. The van der Waals surface area contributed by atoms with Crippen molar-refractivity contribution in [1.82, 2.24) is 10.2 Å². The molecule has 122 valence electrons. The molecule has 0 aliphatic carbocycles. The first-order valence-electron chi connectivity index (χ1n) is 7.09. The predicted octanol–water partition coefficient (Wildman–Crippen LogP) is 2.73. The Balaban J connectivity index is 1.52. The van der Waals surface area contributed by atoms with Crippen molar-refractivity contribution < 1.29 is 23.4 Å². The second-order valence-corrected chi connectivity index (χ2v) is 4.71. The Morgan fingerprint density at radius 2 is 1.67 bits per heavy atom. The lowest BCUT2D eigenvalue weighted by atomic mass is 10.2. The highest BCUT2D eigenvalue weighted by molar-refractivity contribution is 5.74. The third-order valence-corrected chi connectivity index (χ3v) is 3.11. The first-order chi connectivity index (χ1) is 11.7. The summed E-state index contributed by atoms with van der Waals surface area (Å²) in [7, 11) is 1.58. The molecule has 0 aliphatic heterocycles. The lowest BCUT2D eigenvalue weighted by Gasteiger charge is -2.07. The van der Waals surface area contributed by atoms with Crippen LogP contribution in [0.4, 0.5) is 0 Å². The number of benzene rings is 2. The van der Waals surface area contributed by atoms with Crippen molar-refractivity contribution in [3.05, 3.63) is 54.9 Å². The second kappa shape index (κ2) is 7.28. The van der Waals surface area contributed by atoms with Crippen LogP contribution in [0, 0.1) is 0 Å². The molecule has 0 aliphatic rings. The molecule has 0 fully saturated rings. The van der Waals surface area contributed by atoms with Crippen LogP contribution in [-0.4, -0.2) is 29.9 Å². The van der Waals surface area contributed by atoms with Gasteiger partial charge in [-0.15, -0.1) is 10.2 Å². The lowest BCUT2D eigenvalue weighted by molar-refractivity contribution is -0.136. The summed E-state index contributed by atoms with van der Waals surface area (Å²) in [6, 6.07) is 13.7. The quantitative estimate of drug-likeness (QED) is 0.508. The number of carbonyl (C=O) groups excluding carboxylic acids is 1. The zero-order valence-electron chi connectivity index (χ0n) is 12.8. The molecule has 1 heterocycles. The molecule has 0 unspecified atom stereocenters. The minimum atomic E-state index is -0.503. The van der Waals surface area contributed by atoms with Gasteiger partial charge in [0.05, 0.1) is 7.11 Å². The van der Waals surface area contributed by atoms with Gasteiger partial charge in [0.1, 0.15) is 17.2 Å². The zero-order chi connectivity index (χ0) is 16.8. The minimum Gasteiger partial charge on any atom is -0.497 e. The van der Waals surface area contributed by atoms with E-state index in [2.05, 4.69) is 10.2 Å². The Morgan fingerprint density at radius 1 is 1.00 bits per heavy atom. The monoisotopic (exact) mass is 326 g/mol. The summed E-state index contributed by atoms with van der Waals surface area (Å²) in [5, 5.41) is 7.41. The molecular formula is C17H14N2O5. The number of methoxy groups -OCH3 is 1. The molecule has 3 aromatic rings. The molecule has 24 heavy (non-hydrogen) atoms. The van der Waals surface area contributed by atoms with Gasteiger partial charge in [-0.1, -0.05) is 0 Å². The molecule has 0 spiro atoms. The normalized spacial score (nSPS) is 10.2. The van der Waals surface area contributed by atoms with Crippen molar-refractivity contribution in [1.29, 1.82) is 0 Å². The molecule has 0 amide bonds. The number of hydrogen-bond acceptors (Lipinski definition) is 7. The Hall–Kier alpha value is -3.35. The number of carbonyl (C=O) groups is 1. The summed E-state index contributed by atoms with van der Waals surface area (Å²) in [5.74, 6) is 1.57. The van der Waals surface area contributed by atoms with Crippen LogP contribution < -0.4 is 14.2 Å². The highest BCUT2D eigenvalue weighted by Gasteiger charge is 2.08. The van der Waals surface area contributed by atoms with E-state index >= 15 is 0 Å². The molecule has 0 radical (unpaired) electrons. The maximum Gasteiger partial charge on any atom is 0.349 e. The maximum absolute atomic E-state index is 11.8. The van der Waals surface area contributed by atoms with Gasteiger partial charge in [0.2, 0.25) is 12.3 Å². The van der Waals surface area contributed by atoms with Gasteiger partial charge in [0.25, 0.3) is 0 Å². The zero-order valence-corrected chi connectivity index (χ0v) is 12.8. The highest BCUT2D eigenvalue weighted by Crippen LogP contribution is 2.20. The van der Waals surface area contributed by atoms with Gasteiger partial charge >= 0.3 is 5.97 Å². The Morgan fingerprint density at radius 3 is 2.29 bits per heavy atom. The molecule has 1 aromatic heterocycles. The Labute approximate surface area is 137 Å². The Bertz CT molecular complexity index is 783. The van der Waals surface area contributed by atoms with E-state index in [1.165, 1.54) is 6.39 Å². The number of esters is 1. The van der Waals surface area contributed by atoms with E-state index in [0.29, 0.717) is 23.1 Å². The summed E-state index contributed by atoms with van der Waals surface area (Å²) in [4.78, 5) is 11.8. The molecule has 3 rings (SSSR count). The lowest BCUT2D eigenvalue weighted by Crippen LogP contribution is -2.17. The van der Waals surface area contributed by atoms with E-state index in [-0.39, 0.29) is 6.61 Å². The third-order valence-electron chi connectivity index (χ3n) is 3.11. The molecule has 7 nitrogen and oxygen atoms in total. The molecule has 0 N–H and O–H groups in total. The number of ether oxygens (including phenoxy) is 3.